The SMILES string of the molecule is C=C(O)C[C@H]1CCN(Cc2cccc(C(F)(F)F)c2)[C@@H](c2ccc(C(F)(F)F)cc2)C1. The zero-order chi connectivity index (χ0) is 22.8. The molecule has 1 aliphatic rings. The minimum Gasteiger partial charge on any atom is -0.513 e. The van der Waals surface area contributed by atoms with Crippen LogP contribution in [0.15, 0.2) is 60.9 Å². The summed E-state index contributed by atoms with van der Waals surface area (Å²) in [6, 6.07) is 9.68. The van der Waals surface area contributed by atoms with Crippen LogP contribution in [0, 0.1) is 5.92 Å². The van der Waals surface area contributed by atoms with Gasteiger partial charge in [0.1, 0.15) is 0 Å². The largest absolute Gasteiger partial charge is 0.513 e. The highest BCUT2D eigenvalue weighted by Gasteiger charge is 2.34. The Morgan fingerprint density at radius 2 is 1.61 bits per heavy atom. The number of aliphatic hydroxyl groups excluding tert-OH is 1. The first-order valence-electron chi connectivity index (χ1n) is 9.87. The number of hydrogen-bond donors (Lipinski definition) is 1. The van der Waals surface area contributed by atoms with Gasteiger partial charge < -0.3 is 5.11 Å². The predicted octanol–water partition coefficient (Wildman–Crippen LogP) is 7.14. The molecule has 1 saturated heterocycles. The van der Waals surface area contributed by atoms with Crippen LogP contribution in [0.1, 0.15) is 47.6 Å². The van der Waals surface area contributed by atoms with Crippen molar-refractivity contribution in [1.82, 2.24) is 4.90 Å². The number of rotatable bonds is 5. The van der Waals surface area contributed by atoms with Crippen molar-refractivity contribution in [1.29, 1.82) is 0 Å². The molecule has 0 radical (unpaired) electrons. The van der Waals surface area contributed by atoms with E-state index in [4.69, 9.17) is 0 Å². The molecule has 31 heavy (non-hydrogen) atoms. The molecule has 1 heterocycles. The summed E-state index contributed by atoms with van der Waals surface area (Å²) in [7, 11) is 0. The number of halogens is 6. The highest BCUT2D eigenvalue weighted by Crippen LogP contribution is 2.39. The fourth-order valence-electron chi connectivity index (χ4n) is 4.12. The van der Waals surface area contributed by atoms with E-state index in [0.29, 0.717) is 36.9 Å². The first kappa shape index (κ1) is 23.2. The lowest BCUT2D eigenvalue weighted by Crippen LogP contribution is -2.36. The Balaban J connectivity index is 1.86. The van der Waals surface area contributed by atoms with Crippen LogP contribution in [-0.2, 0) is 18.9 Å². The fraction of sp³-hybridized carbons (Fsp3) is 0.391. The van der Waals surface area contributed by atoms with Gasteiger partial charge >= 0.3 is 12.4 Å². The van der Waals surface area contributed by atoms with E-state index in [1.165, 1.54) is 18.2 Å². The third-order valence-electron chi connectivity index (χ3n) is 5.61. The number of benzene rings is 2. The molecule has 3 rings (SSSR count). The molecular weight excluding hydrogens is 420 g/mol. The summed E-state index contributed by atoms with van der Waals surface area (Å²) in [5, 5.41) is 9.56. The first-order valence-corrected chi connectivity index (χ1v) is 9.87. The highest BCUT2D eigenvalue weighted by atomic mass is 19.4. The van der Waals surface area contributed by atoms with Gasteiger partial charge in [-0.15, -0.1) is 0 Å². The van der Waals surface area contributed by atoms with Crippen molar-refractivity contribution in [3.63, 3.8) is 0 Å². The molecule has 0 amide bonds. The summed E-state index contributed by atoms with van der Waals surface area (Å²) in [4.78, 5) is 1.98. The molecule has 2 aromatic carbocycles. The molecule has 2 aromatic rings. The summed E-state index contributed by atoms with van der Waals surface area (Å²) < 4.78 is 78.0. The quantitative estimate of drug-likeness (QED) is 0.392. The Kier molecular flexibility index (Phi) is 6.69. The third-order valence-corrected chi connectivity index (χ3v) is 5.61. The summed E-state index contributed by atoms with van der Waals surface area (Å²) in [6.45, 7) is 4.30. The summed E-state index contributed by atoms with van der Waals surface area (Å²) in [5.41, 5.74) is -0.343. The molecule has 0 aromatic heterocycles. The number of hydrogen-bond acceptors (Lipinski definition) is 2. The number of aliphatic hydroxyl groups is 1. The number of allylic oxidation sites excluding steroid dienone is 1. The van der Waals surface area contributed by atoms with Crippen LogP contribution in [0.2, 0.25) is 0 Å². The Labute approximate surface area is 176 Å². The maximum absolute atomic E-state index is 13.1. The minimum absolute atomic E-state index is 0.0440. The number of alkyl halides is 6. The van der Waals surface area contributed by atoms with Crippen LogP contribution in [0.25, 0.3) is 0 Å². The van der Waals surface area contributed by atoms with Crippen LogP contribution in [0.4, 0.5) is 26.3 Å². The van der Waals surface area contributed by atoms with Gasteiger partial charge in [-0.2, -0.15) is 26.3 Å². The highest BCUT2D eigenvalue weighted by molar-refractivity contribution is 5.29. The van der Waals surface area contributed by atoms with E-state index in [1.807, 2.05) is 4.90 Å². The lowest BCUT2D eigenvalue weighted by atomic mass is 9.84. The minimum atomic E-state index is -4.45. The molecule has 1 aliphatic heterocycles. The van der Waals surface area contributed by atoms with Gasteiger partial charge in [0.2, 0.25) is 0 Å². The molecular formula is C23H23F6NO. The van der Waals surface area contributed by atoms with Gasteiger partial charge in [-0.3, -0.25) is 4.90 Å². The second kappa shape index (κ2) is 8.94. The maximum Gasteiger partial charge on any atom is 0.416 e. The van der Waals surface area contributed by atoms with E-state index in [1.54, 1.807) is 6.07 Å². The van der Waals surface area contributed by atoms with Crippen molar-refractivity contribution in [2.24, 2.45) is 5.92 Å². The van der Waals surface area contributed by atoms with Crippen molar-refractivity contribution in [2.75, 3.05) is 6.54 Å². The molecule has 168 valence electrons. The lowest BCUT2D eigenvalue weighted by molar-refractivity contribution is -0.138. The van der Waals surface area contributed by atoms with Crippen LogP contribution in [0.3, 0.4) is 0 Å². The average Bonchev–Trinajstić information content (AvgIpc) is 2.68. The molecule has 2 nitrogen and oxygen atoms in total. The molecule has 8 heteroatoms. The van der Waals surface area contributed by atoms with E-state index >= 15 is 0 Å². The van der Waals surface area contributed by atoms with Crippen LogP contribution in [-0.4, -0.2) is 16.6 Å². The normalized spacial score (nSPS) is 20.6. The zero-order valence-electron chi connectivity index (χ0n) is 16.7. The summed E-state index contributed by atoms with van der Waals surface area (Å²) >= 11 is 0. The fourth-order valence-corrected chi connectivity index (χ4v) is 4.12. The molecule has 2 atom stereocenters. The third kappa shape index (κ3) is 6.03. The van der Waals surface area contributed by atoms with Crippen LogP contribution < -0.4 is 0 Å². The van der Waals surface area contributed by atoms with E-state index in [0.717, 1.165) is 24.3 Å². The molecule has 0 bridgehead atoms. The summed E-state index contributed by atoms with van der Waals surface area (Å²) in [6.07, 6.45) is -7.24. The average molecular weight is 443 g/mol. The van der Waals surface area contributed by atoms with Gasteiger partial charge in [0.25, 0.3) is 0 Å². The standard InChI is InChI=1S/C23H23F6NO/c1-15(31)11-16-9-10-30(14-17-3-2-4-20(12-17)23(27,28)29)21(13-16)18-5-7-19(8-6-18)22(24,25)26/h2-8,12,16,21,31H,1,9-11,13-14H2/t16-,21-/m1/s1. The van der Waals surface area contributed by atoms with Gasteiger partial charge in [-0.1, -0.05) is 36.9 Å². The van der Waals surface area contributed by atoms with Crippen molar-refractivity contribution < 1.29 is 31.4 Å². The van der Waals surface area contributed by atoms with Crippen molar-refractivity contribution >= 4 is 0 Å². The van der Waals surface area contributed by atoms with E-state index in [2.05, 4.69) is 6.58 Å². The predicted molar refractivity (Wildman–Crippen MR) is 105 cm³/mol. The van der Waals surface area contributed by atoms with Crippen molar-refractivity contribution in [3.8, 4) is 0 Å². The molecule has 1 N–H and O–H groups in total. The Morgan fingerprint density at radius 3 is 2.19 bits per heavy atom. The molecule has 0 aliphatic carbocycles. The second-order valence-electron chi connectivity index (χ2n) is 7.96. The Bertz CT molecular complexity index is 904. The van der Waals surface area contributed by atoms with Gasteiger partial charge in [-0.05, 0) is 54.6 Å². The van der Waals surface area contributed by atoms with E-state index in [9.17, 15) is 31.4 Å². The number of piperidine rings is 1. The summed E-state index contributed by atoms with van der Waals surface area (Å²) in [5.74, 6) is 0.130. The molecule has 0 saturated carbocycles. The monoisotopic (exact) mass is 443 g/mol. The van der Waals surface area contributed by atoms with E-state index in [-0.39, 0.29) is 24.3 Å². The topological polar surface area (TPSA) is 23.5 Å². The smallest absolute Gasteiger partial charge is 0.416 e. The second-order valence-corrected chi connectivity index (χ2v) is 7.96. The first-order chi connectivity index (χ1) is 14.4. The van der Waals surface area contributed by atoms with Crippen molar-refractivity contribution in [3.05, 3.63) is 83.1 Å². The molecule has 0 unspecified atom stereocenters. The lowest BCUT2D eigenvalue weighted by Gasteiger charge is -2.40. The van der Waals surface area contributed by atoms with Gasteiger partial charge in [0, 0.05) is 19.0 Å². The van der Waals surface area contributed by atoms with Crippen LogP contribution >= 0.6 is 0 Å². The zero-order valence-corrected chi connectivity index (χ0v) is 16.7. The molecule has 0 spiro atoms. The Hall–Kier alpha value is -2.48. The number of likely N-dealkylation sites (tertiary alicyclic amines) is 1. The maximum atomic E-state index is 13.1. The van der Waals surface area contributed by atoms with Crippen molar-refractivity contribution in [2.45, 2.75) is 44.2 Å². The van der Waals surface area contributed by atoms with Gasteiger partial charge in [-0.25, -0.2) is 0 Å². The van der Waals surface area contributed by atoms with Gasteiger partial charge in [0.15, 0.2) is 0 Å². The molecule has 1 fully saturated rings. The Morgan fingerprint density at radius 1 is 0.968 bits per heavy atom. The van der Waals surface area contributed by atoms with E-state index < -0.39 is 23.5 Å². The van der Waals surface area contributed by atoms with Gasteiger partial charge in [0.05, 0.1) is 16.9 Å². The van der Waals surface area contributed by atoms with Crippen LogP contribution in [0.5, 0.6) is 0 Å². The number of nitrogens with zero attached hydrogens (tertiary/aromatic N) is 1.